The zero-order valence-corrected chi connectivity index (χ0v) is 18.5. The summed E-state index contributed by atoms with van der Waals surface area (Å²) in [6.07, 6.45) is 2.74. The fourth-order valence-corrected chi connectivity index (χ4v) is 3.78. The minimum atomic E-state index is -0.135. The summed E-state index contributed by atoms with van der Waals surface area (Å²) in [5.41, 5.74) is 12.4. The van der Waals surface area contributed by atoms with Gasteiger partial charge < -0.3 is 11.1 Å². The van der Waals surface area contributed by atoms with Crippen molar-refractivity contribution in [2.45, 2.75) is 40.3 Å². The molecule has 3 aromatic rings. The molecule has 0 aliphatic rings. The molecule has 0 atom stereocenters. The predicted molar refractivity (Wildman–Crippen MR) is 123 cm³/mol. The molecule has 0 spiro atoms. The minimum Gasteiger partial charge on any atom is -0.348 e. The number of nitrogens with one attached hydrogen (secondary N) is 1. The average molecular weight is 422 g/mol. The summed E-state index contributed by atoms with van der Waals surface area (Å²) >= 11 is 6.11. The van der Waals surface area contributed by atoms with Gasteiger partial charge >= 0.3 is 0 Å². The van der Waals surface area contributed by atoms with Crippen LogP contribution in [0.4, 0.5) is 0 Å². The van der Waals surface area contributed by atoms with Crippen LogP contribution in [0.1, 0.15) is 46.5 Å². The Morgan fingerprint density at radius 3 is 2.63 bits per heavy atom. The number of nitrogens with two attached hydrogens (primary N) is 1. The normalized spacial score (nSPS) is 11.0. The van der Waals surface area contributed by atoms with E-state index in [2.05, 4.69) is 36.3 Å². The van der Waals surface area contributed by atoms with Gasteiger partial charge in [-0.3, -0.25) is 9.78 Å². The number of amides is 1. The summed E-state index contributed by atoms with van der Waals surface area (Å²) in [7, 11) is 0. The number of benzene rings is 2. The fourth-order valence-electron chi connectivity index (χ4n) is 3.59. The van der Waals surface area contributed by atoms with Gasteiger partial charge in [-0.25, -0.2) is 0 Å². The van der Waals surface area contributed by atoms with Gasteiger partial charge in [-0.1, -0.05) is 37.6 Å². The van der Waals surface area contributed by atoms with E-state index < -0.39 is 0 Å². The van der Waals surface area contributed by atoms with Crippen LogP contribution in [0.5, 0.6) is 0 Å². The Bertz CT molecular complexity index is 1050. The number of aromatic nitrogens is 1. The first-order valence-corrected chi connectivity index (χ1v) is 10.6. The van der Waals surface area contributed by atoms with E-state index in [0.717, 1.165) is 34.4 Å². The fraction of sp³-hybridized carbons (Fsp3) is 0.280. The molecule has 2 aromatic carbocycles. The van der Waals surface area contributed by atoms with Gasteiger partial charge in [0.2, 0.25) is 0 Å². The third-order valence-electron chi connectivity index (χ3n) is 4.96. The van der Waals surface area contributed by atoms with Crippen molar-refractivity contribution in [3.63, 3.8) is 0 Å². The van der Waals surface area contributed by atoms with Crippen LogP contribution in [0.25, 0.3) is 11.3 Å². The van der Waals surface area contributed by atoms with Crippen molar-refractivity contribution in [2.75, 3.05) is 0 Å². The van der Waals surface area contributed by atoms with Gasteiger partial charge in [-0.15, -0.1) is 0 Å². The van der Waals surface area contributed by atoms with Crippen LogP contribution in [0, 0.1) is 12.8 Å². The number of carbonyl (C=O) groups excluding carboxylic acids is 1. The lowest BCUT2D eigenvalue weighted by molar-refractivity contribution is 0.0951. The van der Waals surface area contributed by atoms with Crippen molar-refractivity contribution in [2.24, 2.45) is 11.7 Å². The highest BCUT2D eigenvalue weighted by molar-refractivity contribution is 6.30. The van der Waals surface area contributed by atoms with E-state index in [1.807, 2.05) is 43.3 Å². The predicted octanol–water partition coefficient (Wildman–Crippen LogP) is 5.30. The second kappa shape index (κ2) is 9.88. The van der Waals surface area contributed by atoms with Crippen molar-refractivity contribution in [3.05, 3.63) is 87.6 Å². The Morgan fingerprint density at radius 2 is 1.90 bits per heavy atom. The third kappa shape index (κ3) is 5.47. The molecule has 1 aromatic heterocycles. The van der Waals surface area contributed by atoms with Gasteiger partial charge in [0.25, 0.3) is 5.91 Å². The lowest BCUT2D eigenvalue weighted by Crippen LogP contribution is -2.24. The molecular weight excluding hydrogens is 394 g/mol. The van der Waals surface area contributed by atoms with E-state index >= 15 is 0 Å². The monoisotopic (exact) mass is 421 g/mol. The second-order valence-electron chi connectivity index (χ2n) is 8.00. The molecule has 30 heavy (non-hydrogen) atoms. The van der Waals surface area contributed by atoms with Crippen molar-refractivity contribution >= 4 is 17.5 Å². The van der Waals surface area contributed by atoms with E-state index in [9.17, 15) is 4.79 Å². The van der Waals surface area contributed by atoms with Crippen molar-refractivity contribution in [1.82, 2.24) is 10.3 Å². The molecule has 1 heterocycles. The third-order valence-corrected chi connectivity index (χ3v) is 5.20. The topological polar surface area (TPSA) is 68.0 Å². The number of hydrogen-bond donors (Lipinski definition) is 2. The van der Waals surface area contributed by atoms with Gasteiger partial charge in [0.05, 0.1) is 5.69 Å². The van der Waals surface area contributed by atoms with Crippen molar-refractivity contribution in [1.29, 1.82) is 0 Å². The van der Waals surface area contributed by atoms with Crippen LogP contribution in [0.2, 0.25) is 5.02 Å². The van der Waals surface area contributed by atoms with E-state index in [-0.39, 0.29) is 5.91 Å². The molecule has 0 aliphatic carbocycles. The zero-order valence-electron chi connectivity index (χ0n) is 17.7. The second-order valence-corrected chi connectivity index (χ2v) is 8.43. The molecule has 0 aliphatic heterocycles. The number of nitrogens with zero attached hydrogens (tertiary/aromatic N) is 1. The first-order valence-electron chi connectivity index (χ1n) is 10.2. The molecule has 4 nitrogen and oxygen atoms in total. The summed E-state index contributed by atoms with van der Waals surface area (Å²) < 4.78 is 0. The molecule has 0 fully saturated rings. The molecule has 0 saturated heterocycles. The number of pyridine rings is 1. The molecule has 156 valence electrons. The number of halogens is 1. The largest absolute Gasteiger partial charge is 0.348 e. The summed E-state index contributed by atoms with van der Waals surface area (Å²) in [5.74, 6) is 0.388. The van der Waals surface area contributed by atoms with E-state index in [0.29, 0.717) is 29.6 Å². The number of aryl methyl sites for hydroxylation is 1. The highest BCUT2D eigenvalue weighted by Gasteiger charge is 2.13. The van der Waals surface area contributed by atoms with Gasteiger partial charge in [0.1, 0.15) is 0 Å². The standard InChI is InChI=1S/C25H28ClN3O/c1-16(2)9-18-5-4-8-28-24(18)20-10-17(3)11-21(12-20)25(30)29-15-22-13-23(26)7-6-19(22)14-27/h4-8,10-13,16H,9,14-15,27H2,1-3H3,(H,29,30). The molecule has 1 amide bonds. The van der Waals surface area contributed by atoms with Gasteiger partial charge in [-0.2, -0.15) is 0 Å². The van der Waals surface area contributed by atoms with Gasteiger partial charge in [0, 0.05) is 35.4 Å². The van der Waals surface area contributed by atoms with Crippen LogP contribution in [-0.4, -0.2) is 10.9 Å². The molecule has 0 unspecified atom stereocenters. The number of hydrogen-bond acceptors (Lipinski definition) is 3. The molecule has 0 radical (unpaired) electrons. The Morgan fingerprint density at radius 1 is 1.10 bits per heavy atom. The summed E-state index contributed by atoms with van der Waals surface area (Å²) in [6.45, 7) is 7.15. The lowest BCUT2D eigenvalue weighted by Gasteiger charge is -2.14. The quantitative estimate of drug-likeness (QED) is 0.544. The number of carbonyl (C=O) groups is 1. The Labute approximate surface area is 183 Å². The SMILES string of the molecule is Cc1cc(C(=O)NCc2cc(Cl)ccc2CN)cc(-c2ncccc2CC(C)C)c1. The zero-order chi connectivity index (χ0) is 21.7. The minimum absolute atomic E-state index is 0.135. The van der Waals surface area contributed by atoms with Crippen LogP contribution < -0.4 is 11.1 Å². The van der Waals surface area contributed by atoms with Crippen molar-refractivity contribution < 1.29 is 4.79 Å². The maximum Gasteiger partial charge on any atom is 0.251 e. The Hall–Kier alpha value is -2.69. The van der Waals surface area contributed by atoms with E-state index in [4.69, 9.17) is 17.3 Å². The maximum atomic E-state index is 12.9. The van der Waals surface area contributed by atoms with E-state index in [1.165, 1.54) is 5.56 Å². The molecule has 0 bridgehead atoms. The van der Waals surface area contributed by atoms with Crippen LogP contribution >= 0.6 is 11.6 Å². The van der Waals surface area contributed by atoms with Gasteiger partial charge in [0.15, 0.2) is 0 Å². The van der Waals surface area contributed by atoms with Gasteiger partial charge in [-0.05, 0) is 77.9 Å². The van der Waals surface area contributed by atoms with Crippen molar-refractivity contribution in [3.8, 4) is 11.3 Å². The van der Waals surface area contributed by atoms with Crippen LogP contribution in [-0.2, 0) is 19.5 Å². The first-order chi connectivity index (χ1) is 14.4. The Balaban J connectivity index is 1.86. The Kier molecular flexibility index (Phi) is 7.24. The highest BCUT2D eigenvalue weighted by atomic mass is 35.5. The molecule has 5 heteroatoms. The maximum absolute atomic E-state index is 12.9. The highest BCUT2D eigenvalue weighted by Crippen LogP contribution is 2.26. The van der Waals surface area contributed by atoms with Crippen LogP contribution in [0.15, 0.2) is 54.7 Å². The first kappa shape index (κ1) is 22.0. The average Bonchev–Trinajstić information content (AvgIpc) is 2.71. The van der Waals surface area contributed by atoms with Crippen LogP contribution in [0.3, 0.4) is 0 Å². The smallest absolute Gasteiger partial charge is 0.251 e. The molecule has 0 saturated carbocycles. The number of rotatable bonds is 7. The molecule has 3 N–H and O–H groups in total. The summed E-state index contributed by atoms with van der Waals surface area (Å²) in [6, 6.07) is 15.5. The van der Waals surface area contributed by atoms with E-state index in [1.54, 1.807) is 6.20 Å². The molecule has 3 rings (SSSR count). The molecular formula is C25H28ClN3O. The lowest BCUT2D eigenvalue weighted by atomic mass is 9.96. The summed E-state index contributed by atoms with van der Waals surface area (Å²) in [5, 5.41) is 3.62. The summed E-state index contributed by atoms with van der Waals surface area (Å²) in [4.78, 5) is 17.5.